The van der Waals surface area contributed by atoms with Gasteiger partial charge in [-0.25, -0.2) is 0 Å². The van der Waals surface area contributed by atoms with Gasteiger partial charge in [0.1, 0.15) is 0 Å². The van der Waals surface area contributed by atoms with Gasteiger partial charge in [0.25, 0.3) is 0 Å². The molecule has 128 valence electrons. The number of benzene rings is 2. The van der Waals surface area contributed by atoms with E-state index in [2.05, 4.69) is 59.8 Å². The maximum atomic E-state index is 5.73. The Morgan fingerprint density at radius 1 is 1.04 bits per heavy atom. The maximum Gasteiger partial charge on any atom is 0.0512 e. The van der Waals surface area contributed by atoms with E-state index in [1.54, 1.807) is 0 Å². The number of rotatable bonds is 6. The summed E-state index contributed by atoms with van der Waals surface area (Å²) in [7, 11) is 0. The Morgan fingerprint density at radius 2 is 1.92 bits per heavy atom. The molecule has 0 amide bonds. The van der Waals surface area contributed by atoms with Gasteiger partial charge in [-0.05, 0) is 61.6 Å². The SMILES string of the molecule is CCc1ccc2[nH]c(-c3csc4ccccc34)c(CCCCN)c2c1. The third kappa shape index (κ3) is 2.99. The van der Waals surface area contributed by atoms with Crippen molar-refractivity contribution in [2.24, 2.45) is 5.73 Å². The van der Waals surface area contributed by atoms with Crippen molar-refractivity contribution in [3.8, 4) is 11.3 Å². The molecule has 2 aromatic carbocycles. The van der Waals surface area contributed by atoms with E-state index in [0.717, 1.165) is 32.2 Å². The summed E-state index contributed by atoms with van der Waals surface area (Å²) in [6.45, 7) is 2.98. The number of thiophene rings is 1. The third-order valence-corrected chi connectivity index (χ3v) is 5.97. The molecule has 0 saturated carbocycles. The van der Waals surface area contributed by atoms with Gasteiger partial charge in [-0.2, -0.15) is 0 Å². The number of unbranched alkanes of at least 4 members (excludes halogenated alkanes) is 1. The minimum Gasteiger partial charge on any atom is -0.354 e. The molecular formula is C22H24N2S. The minimum absolute atomic E-state index is 0.763. The van der Waals surface area contributed by atoms with Crippen LogP contribution in [-0.2, 0) is 12.8 Å². The molecule has 2 aromatic heterocycles. The van der Waals surface area contributed by atoms with Gasteiger partial charge in [0, 0.05) is 31.9 Å². The molecule has 0 aliphatic heterocycles. The molecule has 3 N–H and O–H groups in total. The summed E-state index contributed by atoms with van der Waals surface area (Å²) < 4.78 is 1.35. The van der Waals surface area contributed by atoms with Crippen molar-refractivity contribution < 1.29 is 0 Å². The van der Waals surface area contributed by atoms with Gasteiger partial charge in [-0.15, -0.1) is 11.3 Å². The lowest BCUT2D eigenvalue weighted by Crippen LogP contribution is -1.99. The second-order valence-corrected chi connectivity index (χ2v) is 7.51. The summed E-state index contributed by atoms with van der Waals surface area (Å²) in [4.78, 5) is 3.71. The standard InChI is InChI=1S/C22H24N2S/c1-2-15-10-11-20-18(13-15)17(8-5-6-12-23)22(24-20)19-14-25-21-9-4-3-7-16(19)21/h3-4,7,9-11,13-14,24H,2,5-6,8,12,23H2,1H3. The Labute approximate surface area is 152 Å². The van der Waals surface area contributed by atoms with Crippen LogP contribution in [0.3, 0.4) is 0 Å². The summed E-state index contributed by atoms with van der Waals surface area (Å²) >= 11 is 1.82. The van der Waals surface area contributed by atoms with Crippen molar-refractivity contribution >= 4 is 32.3 Å². The predicted octanol–water partition coefficient (Wildman–Crippen LogP) is 5.89. The number of aryl methyl sites for hydroxylation is 2. The number of aromatic nitrogens is 1. The molecule has 0 unspecified atom stereocenters. The van der Waals surface area contributed by atoms with Crippen LogP contribution in [0.2, 0.25) is 0 Å². The van der Waals surface area contributed by atoms with Crippen molar-refractivity contribution in [1.82, 2.24) is 4.98 Å². The number of aromatic amines is 1. The fraction of sp³-hybridized carbons (Fsp3) is 0.273. The molecule has 2 heterocycles. The zero-order valence-corrected chi connectivity index (χ0v) is 15.5. The Morgan fingerprint density at radius 3 is 2.76 bits per heavy atom. The minimum atomic E-state index is 0.763. The van der Waals surface area contributed by atoms with E-state index < -0.39 is 0 Å². The molecular weight excluding hydrogens is 324 g/mol. The van der Waals surface area contributed by atoms with Gasteiger partial charge in [0.15, 0.2) is 0 Å². The van der Waals surface area contributed by atoms with Crippen LogP contribution in [0.15, 0.2) is 47.8 Å². The molecule has 0 saturated heterocycles. The second kappa shape index (κ2) is 7.03. The van der Waals surface area contributed by atoms with E-state index >= 15 is 0 Å². The summed E-state index contributed by atoms with van der Waals surface area (Å²) in [5.74, 6) is 0. The molecule has 25 heavy (non-hydrogen) atoms. The normalized spacial score (nSPS) is 11.6. The highest BCUT2D eigenvalue weighted by Gasteiger charge is 2.16. The molecule has 0 spiro atoms. The summed E-state index contributed by atoms with van der Waals surface area (Å²) in [6, 6.07) is 15.5. The Bertz CT molecular complexity index is 1010. The summed E-state index contributed by atoms with van der Waals surface area (Å²) in [5.41, 5.74) is 12.4. The van der Waals surface area contributed by atoms with Crippen molar-refractivity contribution in [2.75, 3.05) is 6.54 Å². The maximum absolute atomic E-state index is 5.73. The van der Waals surface area contributed by atoms with Gasteiger partial charge in [-0.1, -0.05) is 31.2 Å². The number of fused-ring (bicyclic) bond motifs is 2. The van der Waals surface area contributed by atoms with Crippen LogP contribution in [-0.4, -0.2) is 11.5 Å². The molecule has 2 nitrogen and oxygen atoms in total. The quantitative estimate of drug-likeness (QED) is 0.419. The Hall–Kier alpha value is -2.10. The van der Waals surface area contributed by atoms with Crippen molar-refractivity contribution in [3.05, 3.63) is 59.0 Å². The monoisotopic (exact) mass is 348 g/mol. The number of nitrogens with one attached hydrogen (secondary N) is 1. The molecule has 4 rings (SSSR count). The number of H-pyrrole nitrogens is 1. The van der Waals surface area contributed by atoms with Crippen LogP contribution in [0, 0.1) is 0 Å². The van der Waals surface area contributed by atoms with Crippen LogP contribution >= 0.6 is 11.3 Å². The summed E-state index contributed by atoms with van der Waals surface area (Å²) in [6.07, 6.45) is 4.35. The van der Waals surface area contributed by atoms with Gasteiger partial charge >= 0.3 is 0 Å². The molecule has 0 atom stereocenters. The van der Waals surface area contributed by atoms with Crippen LogP contribution in [0.5, 0.6) is 0 Å². The van der Waals surface area contributed by atoms with Crippen molar-refractivity contribution in [2.45, 2.75) is 32.6 Å². The lowest BCUT2D eigenvalue weighted by Gasteiger charge is -2.05. The van der Waals surface area contributed by atoms with E-state index in [9.17, 15) is 0 Å². The summed E-state index contributed by atoms with van der Waals surface area (Å²) in [5, 5.41) is 5.01. The zero-order chi connectivity index (χ0) is 17.2. The number of hydrogen-bond acceptors (Lipinski definition) is 2. The molecule has 0 radical (unpaired) electrons. The first-order chi connectivity index (χ1) is 12.3. The fourth-order valence-electron chi connectivity index (χ4n) is 3.62. The van der Waals surface area contributed by atoms with Gasteiger partial charge in [0.05, 0.1) is 5.69 Å². The molecule has 0 bridgehead atoms. The largest absolute Gasteiger partial charge is 0.354 e. The lowest BCUT2D eigenvalue weighted by atomic mass is 9.98. The van der Waals surface area contributed by atoms with Crippen molar-refractivity contribution in [1.29, 1.82) is 0 Å². The van der Waals surface area contributed by atoms with Crippen molar-refractivity contribution in [3.63, 3.8) is 0 Å². The zero-order valence-electron chi connectivity index (χ0n) is 14.6. The smallest absolute Gasteiger partial charge is 0.0512 e. The highest BCUT2D eigenvalue weighted by molar-refractivity contribution is 7.17. The third-order valence-electron chi connectivity index (χ3n) is 5.01. The van der Waals surface area contributed by atoms with Gasteiger partial charge in [0.2, 0.25) is 0 Å². The number of nitrogens with two attached hydrogens (primary N) is 1. The molecule has 0 aliphatic carbocycles. The highest BCUT2D eigenvalue weighted by atomic mass is 32.1. The lowest BCUT2D eigenvalue weighted by molar-refractivity contribution is 0.748. The first-order valence-electron chi connectivity index (χ1n) is 9.12. The Kier molecular flexibility index (Phi) is 4.60. The molecule has 0 fully saturated rings. The van der Waals surface area contributed by atoms with E-state index in [-0.39, 0.29) is 0 Å². The van der Waals surface area contributed by atoms with E-state index in [1.165, 1.54) is 43.4 Å². The van der Waals surface area contributed by atoms with E-state index in [0.29, 0.717) is 0 Å². The van der Waals surface area contributed by atoms with Crippen LogP contribution in [0.4, 0.5) is 0 Å². The van der Waals surface area contributed by atoms with Crippen LogP contribution in [0.25, 0.3) is 32.2 Å². The van der Waals surface area contributed by atoms with Gasteiger partial charge < -0.3 is 10.7 Å². The molecule has 4 aromatic rings. The topological polar surface area (TPSA) is 41.8 Å². The average molecular weight is 349 g/mol. The van der Waals surface area contributed by atoms with Crippen LogP contribution in [0.1, 0.15) is 30.9 Å². The highest BCUT2D eigenvalue weighted by Crippen LogP contribution is 2.38. The van der Waals surface area contributed by atoms with Crippen LogP contribution < -0.4 is 5.73 Å². The molecule has 3 heteroatoms. The van der Waals surface area contributed by atoms with E-state index in [1.807, 2.05) is 11.3 Å². The van der Waals surface area contributed by atoms with E-state index in [4.69, 9.17) is 5.73 Å². The van der Waals surface area contributed by atoms with Gasteiger partial charge in [-0.3, -0.25) is 0 Å². The molecule has 0 aliphatic rings. The fourth-order valence-corrected chi connectivity index (χ4v) is 4.57. The first kappa shape index (κ1) is 16.4. The Balaban J connectivity index is 1.90. The number of hydrogen-bond donors (Lipinski definition) is 2. The predicted molar refractivity (Wildman–Crippen MR) is 110 cm³/mol. The second-order valence-electron chi connectivity index (χ2n) is 6.60. The first-order valence-corrected chi connectivity index (χ1v) is 10.00. The average Bonchev–Trinajstić information content (AvgIpc) is 3.22.